The molecule has 3 heteroatoms. The molecule has 2 aromatic rings. The number of ether oxygens (including phenoxy) is 2. The summed E-state index contributed by atoms with van der Waals surface area (Å²) in [5, 5.41) is 0. The predicted molar refractivity (Wildman–Crippen MR) is 82.6 cm³/mol. The molecule has 0 aliphatic heterocycles. The number of aldehydes is 1. The number of carbonyl (C=O) groups is 1. The van der Waals surface area contributed by atoms with Crippen LogP contribution in [0.5, 0.6) is 5.75 Å². The summed E-state index contributed by atoms with van der Waals surface area (Å²) in [7, 11) is 1.65. The van der Waals surface area contributed by atoms with Gasteiger partial charge >= 0.3 is 0 Å². The van der Waals surface area contributed by atoms with Crippen LogP contribution in [-0.4, -0.2) is 13.4 Å². The molecule has 0 saturated carbocycles. The fourth-order valence-corrected chi connectivity index (χ4v) is 2.26. The third-order valence-electron chi connectivity index (χ3n) is 3.45. The Hall–Kier alpha value is -2.13. The minimum Gasteiger partial charge on any atom is -0.497 e. The van der Waals surface area contributed by atoms with Gasteiger partial charge in [-0.15, -0.1) is 0 Å². The van der Waals surface area contributed by atoms with Crippen molar-refractivity contribution in [3.05, 3.63) is 65.2 Å². The van der Waals surface area contributed by atoms with Crippen molar-refractivity contribution in [2.24, 2.45) is 0 Å². The van der Waals surface area contributed by atoms with Crippen LogP contribution in [0.3, 0.4) is 0 Å². The van der Waals surface area contributed by atoms with Crippen LogP contribution in [0, 0.1) is 0 Å². The number of rotatable bonds is 7. The molecule has 2 aromatic carbocycles. The summed E-state index contributed by atoms with van der Waals surface area (Å²) in [6.07, 6.45) is 1.63. The van der Waals surface area contributed by atoms with Gasteiger partial charge in [0, 0.05) is 5.56 Å². The fraction of sp³-hybridized carbons (Fsp3) is 0.278. The zero-order chi connectivity index (χ0) is 15.1. The maximum absolute atomic E-state index is 11.1. The molecule has 2 rings (SSSR count). The summed E-state index contributed by atoms with van der Waals surface area (Å²) in [6, 6.07) is 15.4. The van der Waals surface area contributed by atoms with Gasteiger partial charge in [-0.3, -0.25) is 4.79 Å². The summed E-state index contributed by atoms with van der Waals surface area (Å²) in [5.74, 6) is 0.831. The minimum absolute atomic E-state index is 0.0755. The average Bonchev–Trinajstić information content (AvgIpc) is 2.56. The topological polar surface area (TPSA) is 35.5 Å². The highest BCUT2D eigenvalue weighted by atomic mass is 16.5. The van der Waals surface area contributed by atoms with Gasteiger partial charge in [0.2, 0.25) is 0 Å². The quantitative estimate of drug-likeness (QED) is 0.716. The first-order chi connectivity index (χ1) is 10.3. The van der Waals surface area contributed by atoms with Crippen molar-refractivity contribution in [3.8, 4) is 5.75 Å². The van der Waals surface area contributed by atoms with E-state index in [-0.39, 0.29) is 6.10 Å². The van der Waals surface area contributed by atoms with E-state index in [9.17, 15) is 4.79 Å². The molecular weight excluding hydrogens is 264 g/mol. The first kappa shape index (κ1) is 15.3. The highest BCUT2D eigenvalue weighted by molar-refractivity contribution is 5.77. The van der Waals surface area contributed by atoms with Crippen LogP contribution < -0.4 is 4.74 Å². The highest BCUT2D eigenvalue weighted by Crippen LogP contribution is 2.25. The van der Waals surface area contributed by atoms with Gasteiger partial charge in [-0.05, 0) is 29.7 Å². The standard InChI is InChI=1S/C18H20O3/c1-3-18(17-7-5-4-6-15(17)12-19)21-13-14-8-10-16(20-2)11-9-14/h4-12,18H,3,13H2,1-2H3/t18-/m1/s1. The van der Waals surface area contributed by atoms with Gasteiger partial charge in [0.25, 0.3) is 0 Å². The van der Waals surface area contributed by atoms with E-state index in [1.165, 1.54) is 0 Å². The van der Waals surface area contributed by atoms with Crippen LogP contribution in [0.25, 0.3) is 0 Å². The largest absolute Gasteiger partial charge is 0.497 e. The molecule has 0 unspecified atom stereocenters. The van der Waals surface area contributed by atoms with Crippen LogP contribution in [0.15, 0.2) is 48.5 Å². The molecule has 3 nitrogen and oxygen atoms in total. The molecule has 0 amide bonds. The van der Waals surface area contributed by atoms with E-state index < -0.39 is 0 Å². The lowest BCUT2D eigenvalue weighted by Crippen LogP contribution is -2.06. The highest BCUT2D eigenvalue weighted by Gasteiger charge is 2.13. The van der Waals surface area contributed by atoms with Crippen LogP contribution in [0.1, 0.15) is 40.9 Å². The van der Waals surface area contributed by atoms with Gasteiger partial charge in [-0.2, -0.15) is 0 Å². The van der Waals surface area contributed by atoms with Crippen molar-refractivity contribution in [1.29, 1.82) is 0 Å². The Kier molecular flexibility index (Phi) is 5.52. The Bertz CT molecular complexity index is 575. The lowest BCUT2D eigenvalue weighted by Gasteiger charge is -2.18. The number of carbonyl (C=O) groups excluding carboxylic acids is 1. The molecular formula is C18H20O3. The zero-order valence-electron chi connectivity index (χ0n) is 12.4. The van der Waals surface area contributed by atoms with Gasteiger partial charge in [0.1, 0.15) is 12.0 Å². The number of methoxy groups -OCH3 is 1. The second kappa shape index (κ2) is 7.60. The molecule has 0 heterocycles. The molecule has 1 atom stereocenters. The molecule has 0 saturated heterocycles. The van der Waals surface area contributed by atoms with E-state index in [1.54, 1.807) is 7.11 Å². The number of hydrogen-bond acceptors (Lipinski definition) is 3. The first-order valence-electron chi connectivity index (χ1n) is 7.07. The van der Waals surface area contributed by atoms with Gasteiger partial charge in [0.15, 0.2) is 0 Å². The molecule has 0 bridgehead atoms. The third kappa shape index (κ3) is 3.92. The van der Waals surface area contributed by atoms with Crippen molar-refractivity contribution in [2.45, 2.75) is 26.1 Å². The monoisotopic (exact) mass is 284 g/mol. The Morgan fingerprint density at radius 3 is 2.43 bits per heavy atom. The summed E-state index contributed by atoms with van der Waals surface area (Å²) < 4.78 is 11.1. The Labute approximate surface area is 125 Å². The average molecular weight is 284 g/mol. The number of hydrogen-bond donors (Lipinski definition) is 0. The van der Waals surface area contributed by atoms with Crippen LogP contribution >= 0.6 is 0 Å². The van der Waals surface area contributed by atoms with Crippen molar-refractivity contribution >= 4 is 6.29 Å². The van der Waals surface area contributed by atoms with E-state index in [0.717, 1.165) is 29.6 Å². The summed E-state index contributed by atoms with van der Waals surface area (Å²) in [5.41, 5.74) is 2.72. The van der Waals surface area contributed by atoms with Gasteiger partial charge < -0.3 is 9.47 Å². The summed E-state index contributed by atoms with van der Waals surface area (Å²) >= 11 is 0. The maximum atomic E-state index is 11.1. The van der Waals surface area contributed by atoms with Crippen LogP contribution in [0.4, 0.5) is 0 Å². The number of benzene rings is 2. The summed E-state index contributed by atoms with van der Waals surface area (Å²) in [6.45, 7) is 2.57. The molecule has 110 valence electrons. The lowest BCUT2D eigenvalue weighted by atomic mass is 10.0. The molecule has 0 N–H and O–H groups in total. The molecule has 0 spiro atoms. The SMILES string of the molecule is CC[C@@H](OCc1ccc(OC)cc1)c1ccccc1C=O. The Balaban J connectivity index is 2.06. The lowest BCUT2D eigenvalue weighted by molar-refractivity contribution is 0.0366. The third-order valence-corrected chi connectivity index (χ3v) is 3.45. The van der Waals surface area contributed by atoms with Gasteiger partial charge in [0.05, 0.1) is 19.8 Å². The minimum atomic E-state index is -0.0755. The van der Waals surface area contributed by atoms with E-state index in [4.69, 9.17) is 9.47 Å². The van der Waals surface area contributed by atoms with E-state index in [1.807, 2.05) is 48.5 Å². The normalized spacial score (nSPS) is 11.9. The Morgan fingerprint density at radius 2 is 1.81 bits per heavy atom. The maximum Gasteiger partial charge on any atom is 0.150 e. The zero-order valence-corrected chi connectivity index (χ0v) is 12.4. The van der Waals surface area contributed by atoms with E-state index >= 15 is 0 Å². The van der Waals surface area contributed by atoms with Crippen molar-refractivity contribution in [1.82, 2.24) is 0 Å². The van der Waals surface area contributed by atoms with Crippen LogP contribution in [0.2, 0.25) is 0 Å². The first-order valence-corrected chi connectivity index (χ1v) is 7.07. The van der Waals surface area contributed by atoms with E-state index in [0.29, 0.717) is 12.2 Å². The van der Waals surface area contributed by atoms with E-state index in [2.05, 4.69) is 6.92 Å². The Morgan fingerprint density at radius 1 is 1.10 bits per heavy atom. The molecule has 0 aliphatic rings. The summed E-state index contributed by atoms with van der Waals surface area (Å²) in [4.78, 5) is 11.1. The fourth-order valence-electron chi connectivity index (χ4n) is 2.26. The second-order valence-corrected chi connectivity index (χ2v) is 4.80. The van der Waals surface area contributed by atoms with Crippen LogP contribution in [-0.2, 0) is 11.3 Å². The molecule has 0 fully saturated rings. The second-order valence-electron chi connectivity index (χ2n) is 4.80. The van der Waals surface area contributed by atoms with Gasteiger partial charge in [-0.1, -0.05) is 43.3 Å². The van der Waals surface area contributed by atoms with Crippen molar-refractivity contribution in [2.75, 3.05) is 7.11 Å². The van der Waals surface area contributed by atoms with Gasteiger partial charge in [-0.25, -0.2) is 0 Å². The van der Waals surface area contributed by atoms with Crippen molar-refractivity contribution < 1.29 is 14.3 Å². The predicted octanol–water partition coefficient (Wildman–Crippen LogP) is 4.18. The molecule has 0 aliphatic carbocycles. The molecule has 0 aromatic heterocycles. The van der Waals surface area contributed by atoms with Crippen molar-refractivity contribution in [3.63, 3.8) is 0 Å². The molecule has 21 heavy (non-hydrogen) atoms. The molecule has 0 radical (unpaired) electrons. The smallest absolute Gasteiger partial charge is 0.150 e.